The Morgan fingerprint density at radius 2 is 1.79 bits per heavy atom. The van der Waals surface area contributed by atoms with Gasteiger partial charge in [-0.15, -0.1) is 24.0 Å². The Labute approximate surface area is 182 Å². The Bertz CT molecular complexity index is 757. The first-order chi connectivity index (χ1) is 13.0. The molecule has 154 valence electrons. The molecular weight excluding hydrogens is 476 g/mol. The average molecular weight is 503 g/mol. The third kappa shape index (κ3) is 7.79. The summed E-state index contributed by atoms with van der Waals surface area (Å²) in [4.78, 5) is 4.27. The van der Waals surface area contributed by atoms with Crippen LogP contribution in [0, 0.1) is 5.82 Å². The molecule has 0 heterocycles. The molecule has 0 spiro atoms. The number of benzene rings is 2. The number of hydrogen-bond acceptors (Lipinski definition) is 4. The fraction of sp³-hybridized carbons (Fsp3) is 0.350. The molecule has 3 N–H and O–H groups in total. The molecule has 0 saturated carbocycles. The van der Waals surface area contributed by atoms with E-state index in [-0.39, 0.29) is 35.9 Å². The van der Waals surface area contributed by atoms with Gasteiger partial charge in [-0.3, -0.25) is 0 Å². The summed E-state index contributed by atoms with van der Waals surface area (Å²) in [5, 5.41) is 3.07. The predicted molar refractivity (Wildman–Crippen MR) is 120 cm³/mol. The van der Waals surface area contributed by atoms with Crippen LogP contribution in [0.4, 0.5) is 4.39 Å². The highest BCUT2D eigenvalue weighted by Crippen LogP contribution is 2.27. The zero-order chi connectivity index (χ0) is 19.6. The number of rotatable bonds is 9. The maximum atomic E-state index is 12.9. The molecule has 0 aliphatic heterocycles. The molecular formula is C20H27FIN3O3. The summed E-state index contributed by atoms with van der Waals surface area (Å²) in [5.41, 5.74) is 6.99. The van der Waals surface area contributed by atoms with Crippen LogP contribution in [0.5, 0.6) is 17.2 Å². The summed E-state index contributed by atoms with van der Waals surface area (Å²) in [6.45, 7) is 2.91. The second kappa shape index (κ2) is 12.3. The zero-order valence-electron chi connectivity index (χ0n) is 16.3. The Morgan fingerprint density at radius 1 is 1.11 bits per heavy atom. The van der Waals surface area contributed by atoms with E-state index in [0.717, 1.165) is 12.0 Å². The van der Waals surface area contributed by atoms with Crippen LogP contribution >= 0.6 is 24.0 Å². The quantitative estimate of drug-likeness (QED) is 0.312. The summed E-state index contributed by atoms with van der Waals surface area (Å²) in [6, 6.07) is 11.7. The fourth-order valence-corrected chi connectivity index (χ4v) is 2.44. The Hall–Kier alpha value is -2.23. The summed E-state index contributed by atoms with van der Waals surface area (Å²) in [5.74, 6) is 2.05. The van der Waals surface area contributed by atoms with Gasteiger partial charge in [-0.1, -0.05) is 6.07 Å². The smallest absolute Gasteiger partial charge is 0.188 e. The average Bonchev–Trinajstić information content (AvgIpc) is 2.68. The second-order valence-corrected chi connectivity index (χ2v) is 5.97. The lowest BCUT2D eigenvalue weighted by atomic mass is 10.1. The van der Waals surface area contributed by atoms with Crippen molar-refractivity contribution < 1.29 is 18.6 Å². The van der Waals surface area contributed by atoms with Crippen molar-refractivity contribution in [2.75, 3.05) is 27.3 Å². The van der Waals surface area contributed by atoms with Crippen LogP contribution in [0.1, 0.15) is 12.5 Å². The van der Waals surface area contributed by atoms with E-state index < -0.39 is 0 Å². The fourth-order valence-electron chi connectivity index (χ4n) is 2.44. The number of nitrogens with one attached hydrogen (secondary N) is 1. The molecule has 2 aromatic carbocycles. The third-order valence-electron chi connectivity index (χ3n) is 3.84. The minimum atomic E-state index is -0.295. The Balaban J connectivity index is 0.00000392. The molecule has 28 heavy (non-hydrogen) atoms. The van der Waals surface area contributed by atoms with Gasteiger partial charge in [0.15, 0.2) is 17.5 Å². The van der Waals surface area contributed by atoms with Crippen molar-refractivity contribution in [2.24, 2.45) is 10.7 Å². The van der Waals surface area contributed by atoms with Crippen molar-refractivity contribution in [3.63, 3.8) is 0 Å². The molecule has 1 unspecified atom stereocenters. The number of methoxy groups -OCH3 is 2. The molecule has 0 aliphatic carbocycles. The van der Waals surface area contributed by atoms with Gasteiger partial charge in [0.05, 0.1) is 20.8 Å². The molecule has 0 radical (unpaired) electrons. The van der Waals surface area contributed by atoms with Gasteiger partial charge in [0.2, 0.25) is 0 Å². The standard InChI is InChI=1S/C20H26FN3O3.HI/c1-14(27-17-7-5-16(21)6-8-17)13-24-20(22)23-11-10-15-4-9-18(25-2)19(12-15)26-3;/h4-9,12,14H,10-11,13H2,1-3H3,(H3,22,23,24);1H. The van der Waals surface area contributed by atoms with E-state index in [2.05, 4.69) is 10.3 Å². The maximum absolute atomic E-state index is 12.9. The normalized spacial score (nSPS) is 11.9. The molecule has 0 fully saturated rings. The number of aliphatic imine (C=N–C) groups is 1. The highest BCUT2D eigenvalue weighted by molar-refractivity contribution is 14.0. The van der Waals surface area contributed by atoms with Crippen molar-refractivity contribution in [1.82, 2.24) is 5.32 Å². The van der Waals surface area contributed by atoms with E-state index >= 15 is 0 Å². The second-order valence-electron chi connectivity index (χ2n) is 5.97. The minimum Gasteiger partial charge on any atom is -0.493 e. The number of nitrogens with zero attached hydrogens (tertiary/aromatic N) is 1. The maximum Gasteiger partial charge on any atom is 0.188 e. The van der Waals surface area contributed by atoms with Gasteiger partial charge in [0.25, 0.3) is 0 Å². The third-order valence-corrected chi connectivity index (χ3v) is 3.84. The van der Waals surface area contributed by atoms with E-state index in [1.807, 2.05) is 25.1 Å². The highest BCUT2D eigenvalue weighted by atomic mass is 127. The topological polar surface area (TPSA) is 78.1 Å². The minimum absolute atomic E-state index is 0. The van der Waals surface area contributed by atoms with Gasteiger partial charge in [-0.05, 0) is 55.3 Å². The summed E-state index contributed by atoms with van der Waals surface area (Å²) in [6.07, 6.45) is 0.583. The molecule has 0 bridgehead atoms. The lowest BCUT2D eigenvalue weighted by molar-refractivity contribution is 0.230. The summed E-state index contributed by atoms with van der Waals surface area (Å²) in [7, 11) is 3.22. The van der Waals surface area contributed by atoms with Crippen LogP contribution in [0.15, 0.2) is 47.5 Å². The van der Waals surface area contributed by atoms with Crippen molar-refractivity contribution in [1.29, 1.82) is 0 Å². The van der Waals surface area contributed by atoms with Crippen LogP contribution in [0.25, 0.3) is 0 Å². The Morgan fingerprint density at radius 3 is 2.43 bits per heavy atom. The van der Waals surface area contributed by atoms with Crippen LogP contribution in [-0.4, -0.2) is 39.4 Å². The predicted octanol–water partition coefficient (Wildman–Crippen LogP) is 3.38. The van der Waals surface area contributed by atoms with Crippen LogP contribution in [0.2, 0.25) is 0 Å². The van der Waals surface area contributed by atoms with Crippen LogP contribution in [0.3, 0.4) is 0 Å². The van der Waals surface area contributed by atoms with Gasteiger partial charge in [0, 0.05) is 6.54 Å². The van der Waals surface area contributed by atoms with E-state index in [4.69, 9.17) is 19.9 Å². The number of nitrogens with two attached hydrogens (primary N) is 1. The van der Waals surface area contributed by atoms with Gasteiger partial charge < -0.3 is 25.3 Å². The Kier molecular flexibility index (Phi) is 10.4. The van der Waals surface area contributed by atoms with E-state index in [1.54, 1.807) is 26.4 Å². The molecule has 0 aliphatic rings. The molecule has 0 aromatic heterocycles. The number of guanidine groups is 1. The summed E-state index contributed by atoms with van der Waals surface area (Å²) < 4.78 is 29.1. The number of ether oxygens (including phenoxy) is 3. The van der Waals surface area contributed by atoms with E-state index in [9.17, 15) is 4.39 Å². The molecule has 2 rings (SSSR count). The zero-order valence-corrected chi connectivity index (χ0v) is 18.6. The molecule has 0 saturated heterocycles. The molecule has 2 aromatic rings. The molecule has 6 nitrogen and oxygen atoms in total. The largest absolute Gasteiger partial charge is 0.493 e. The molecule has 1 atom stereocenters. The SMILES string of the molecule is COc1ccc(CCNC(N)=NCC(C)Oc2ccc(F)cc2)cc1OC.I. The van der Waals surface area contributed by atoms with E-state index in [1.165, 1.54) is 12.1 Å². The van der Waals surface area contributed by atoms with Gasteiger partial charge in [-0.2, -0.15) is 0 Å². The van der Waals surface area contributed by atoms with Crippen molar-refractivity contribution in [3.05, 3.63) is 53.8 Å². The van der Waals surface area contributed by atoms with Gasteiger partial charge >= 0.3 is 0 Å². The number of halogens is 2. The molecule has 8 heteroatoms. The number of hydrogen-bond donors (Lipinski definition) is 2. The highest BCUT2D eigenvalue weighted by Gasteiger charge is 2.06. The first-order valence-electron chi connectivity index (χ1n) is 8.68. The van der Waals surface area contributed by atoms with E-state index in [0.29, 0.717) is 36.3 Å². The van der Waals surface area contributed by atoms with Crippen molar-refractivity contribution in [2.45, 2.75) is 19.4 Å². The van der Waals surface area contributed by atoms with Crippen molar-refractivity contribution >= 4 is 29.9 Å². The summed E-state index contributed by atoms with van der Waals surface area (Å²) >= 11 is 0. The van der Waals surface area contributed by atoms with Crippen molar-refractivity contribution in [3.8, 4) is 17.2 Å². The monoisotopic (exact) mass is 503 g/mol. The lowest BCUT2D eigenvalue weighted by Crippen LogP contribution is -2.34. The van der Waals surface area contributed by atoms with Crippen LogP contribution < -0.4 is 25.3 Å². The molecule has 0 amide bonds. The first kappa shape index (κ1) is 23.8. The lowest BCUT2D eigenvalue weighted by Gasteiger charge is -2.13. The van der Waals surface area contributed by atoms with Crippen LogP contribution in [-0.2, 0) is 6.42 Å². The first-order valence-corrected chi connectivity index (χ1v) is 8.68. The van der Waals surface area contributed by atoms with Gasteiger partial charge in [-0.25, -0.2) is 9.38 Å². The van der Waals surface area contributed by atoms with Gasteiger partial charge in [0.1, 0.15) is 17.7 Å².